The molecule has 0 saturated carbocycles. The molecule has 0 amide bonds. The predicted octanol–water partition coefficient (Wildman–Crippen LogP) is 1.57. The van der Waals surface area contributed by atoms with E-state index in [9.17, 15) is 4.79 Å². The second-order valence-electron chi connectivity index (χ2n) is 4.66. The van der Waals surface area contributed by atoms with Crippen molar-refractivity contribution in [2.24, 2.45) is 0 Å². The summed E-state index contributed by atoms with van der Waals surface area (Å²) in [5, 5.41) is 9.08. The van der Waals surface area contributed by atoms with Crippen LogP contribution in [0, 0.1) is 6.92 Å². The number of aromatic carboxylic acids is 1. The Balaban J connectivity index is 1.96. The molecule has 1 N–H and O–H groups in total. The molecule has 0 aromatic heterocycles. The molecule has 1 aromatic rings. The van der Waals surface area contributed by atoms with Crippen LogP contribution in [-0.2, 0) is 11.2 Å². The Hall–Kier alpha value is -1.39. The Labute approximate surface area is 107 Å². The monoisotopic (exact) mass is 249 g/mol. The van der Waals surface area contributed by atoms with E-state index < -0.39 is 5.97 Å². The maximum Gasteiger partial charge on any atom is 0.335 e. The third-order valence-electron chi connectivity index (χ3n) is 3.35. The highest BCUT2D eigenvalue weighted by Gasteiger charge is 2.11. The standard InChI is InChI=1S/C14H19NO3/c1-11-2-3-12(10-13(11)14(16)17)4-5-15-6-8-18-9-7-15/h2-3,10H,4-9H2,1H3,(H,16,17). The zero-order valence-electron chi connectivity index (χ0n) is 10.7. The molecule has 1 fully saturated rings. The Bertz CT molecular complexity index is 425. The molecule has 98 valence electrons. The number of hydrogen-bond acceptors (Lipinski definition) is 3. The lowest BCUT2D eigenvalue weighted by atomic mass is 10.0. The van der Waals surface area contributed by atoms with E-state index in [1.165, 1.54) is 0 Å². The molecule has 1 aliphatic rings. The molecule has 1 aliphatic heterocycles. The Morgan fingerprint density at radius 2 is 2.11 bits per heavy atom. The fraction of sp³-hybridized carbons (Fsp3) is 0.500. The Morgan fingerprint density at radius 1 is 1.39 bits per heavy atom. The molecule has 1 aromatic carbocycles. The number of ether oxygens (including phenoxy) is 1. The summed E-state index contributed by atoms with van der Waals surface area (Å²) in [4.78, 5) is 13.4. The molecular formula is C14H19NO3. The minimum atomic E-state index is -0.847. The van der Waals surface area contributed by atoms with Gasteiger partial charge in [-0.2, -0.15) is 0 Å². The second kappa shape index (κ2) is 5.98. The van der Waals surface area contributed by atoms with Gasteiger partial charge in [0, 0.05) is 19.6 Å². The number of aryl methyl sites for hydroxylation is 1. The summed E-state index contributed by atoms with van der Waals surface area (Å²) in [5.41, 5.74) is 2.32. The molecule has 18 heavy (non-hydrogen) atoms. The molecular weight excluding hydrogens is 230 g/mol. The van der Waals surface area contributed by atoms with Crippen LogP contribution in [-0.4, -0.2) is 48.8 Å². The number of hydrogen-bond donors (Lipinski definition) is 1. The first-order valence-electron chi connectivity index (χ1n) is 6.30. The van der Waals surface area contributed by atoms with Gasteiger partial charge in [-0.1, -0.05) is 12.1 Å². The predicted molar refractivity (Wildman–Crippen MR) is 69.1 cm³/mol. The maximum absolute atomic E-state index is 11.1. The Kier molecular flexibility index (Phi) is 4.33. The summed E-state index contributed by atoms with van der Waals surface area (Å²) in [7, 11) is 0. The van der Waals surface area contributed by atoms with Gasteiger partial charge in [0.15, 0.2) is 0 Å². The largest absolute Gasteiger partial charge is 0.478 e. The van der Waals surface area contributed by atoms with Crippen LogP contribution in [0.1, 0.15) is 21.5 Å². The minimum Gasteiger partial charge on any atom is -0.478 e. The molecule has 0 aliphatic carbocycles. The molecule has 2 rings (SSSR count). The van der Waals surface area contributed by atoms with E-state index in [1.807, 2.05) is 19.1 Å². The van der Waals surface area contributed by atoms with Crippen molar-refractivity contribution >= 4 is 5.97 Å². The van der Waals surface area contributed by atoms with Gasteiger partial charge in [0.25, 0.3) is 0 Å². The summed E-state index contributed by atoms with van der Waals surface area (Å²) < 4.78 is 5.30. The summed E-state index contributed by atoms with van der Waals surface area (Å²) in [6.45, 7) is 6.33. The van der Waals surface area contributed by atoms with Crippen LogP contribution in [0.5, 0.6) is 0 Å². The molecule has 1 saturated heterocycles. The zero-order chi connectivity index (χ0) is 13.0. The zero-order valence-corrected chi connectivity index (χ0v) is 10.7. The number of carbonyl (C=O) groups is 1. The molecule has 0 bridgehead atoms. The first kappa shape index (κ1) is 13.1. The number of nitrogens with zero attached hydrogens (tertiary/aromatic N) is 1. The van der Waals surface area contributed by atoms with E-state index in [0.29, 0.717) is 5.56 Å². The lowest BCUT2D eigenvalue weighted by molar-refractivity contribution is 0.0384. The summed E-state index contributed by atoms with van der Waals surface area (Å²) in [5.74, 6) is -0.847. The molecule has 0 spiro atoms. The van der Waals surface area contributed by atoms with Crippen LogP contribution in [0.3, 0.4) is 0 Å². The fourth-order valence-electron chi connectivity index (χ4n) is 2.17. The van der Waals surface area contributed by atoms with Crippen LogP contribution in [0.15, 0.2) is 18.2 Å². The summed E-state index contributed by atoms with van der Waals surface area (Å²) in [6, 6.07) is 5.69. The molecule has 4 heteroatoms. The normalized spacial score (nSPS) is 16.7. The van der Waals surface area contributed by atoms with Crippen molar-refractivity contribution in [1.82, 2.24) is 4.90 Å². The highest BCUT2D eigenvalue weighted by molar-refractivity contribution is 5.89. The van der Waals surface area contributed by atoms with Crippen LogP contribution in [0.25, 0.3) is 0 Å². The highest BCUT2D eigenvalue weighted by Crippen LogP contribution is 2.12. The second-order valence-corrected chi connectivity index (χ2v) is 4.66. The van der Waals surface area contributed by atoms with Gasteiger partial charge < -0.3 is 9.84 Å². The van der Waals surface area contributed by atoms with Crippen molar-refractivity contribution in [2.45, 2.75) is 13.3 Å². The molecule has 4 nitrogen and oxygen atoms in total. The van der Waals surface area contributed by atoms with Crippen molar-refractivity contribution in [3.05, 3.63) is 34.9 Å². The van der Waals surface area contributed by atoms with Crippen molar-refractivity contribution in [3.63, 3.8) is 0 Å². The highest BCUT2D eigenvalue weighted by atomic mass is 16.5. The fourth-order valence-corrected chi connectivity index (χ4v) is 2.17. The van der Waals surface area contributed by atoms with Gasteiger partial charge in [-0.25, -0.2) is 4.79 Å². The van der Waals surface area contributed by atoms with E-state index >= 15 is 0 Å². The van der Waals surface area contributed by atoms with Crippen LogP contribution >= 0.6 is 0 Å². The minimum absolute atomic E-state index is 0.412. The van der Waals surface area contributed by atoms with Gasteiger partial charge >= 0.3 is 5.97 Å². The third kappa shape index (κ3) is 3.31. The van der Waals surface area contributed by atoms with Crippen LogP contribution in [0.2, 0.25) is 0 Å². The smallest absolute Gasteiger partial charge is 0.335 e. The topological polar surface area (TPSA) is 49.8 Å². The van der Waals surface area contributed by atoms with Crippen LogP contribution in [0.4, 0.5) is 0 Å². The first-order valence-corrected chi connectivity index (χ1v) is 6.30. The average molecular weight is 249 g/mol. The first-order chi connectivity index (χ1) is 8.66. The summed E-state index contributed by atoms with van der Waals surface area (Å²) in [6.07, 6.45) is 0.889. The van der Waals surface area contributed by atoms with E-state index in [0.717, 1.165) is 50.4 Å². The maximum atomic E-state index is 11.1. The third-order valence-corrected chi connectivity index (χ3v) is 3.35. The lowest BCUT2D eigenvalue weighted by Gasteiger charge is -2.26. The number of morpholine rings is 1. The number of carboxylic acids is 1. The van der Waals surface area contributed by atoms with E-state index in [2.05, 4.69) is 4.90 Å². The van der Waals surface area contributed by atoms with E-state index in [4.69, 9.17) is 9.84 Å². The van der Waals surface area contributed by atoms with Gasteiger partial charge in [-0.15, -0.1) is 0 Å². The molecule has 0 radical (unpaired) electrons. The van der Waals surface area contributed by atoms with Gasteiger partial charge in [-0.05, 0) is 30.5 Å². The van der Waals surface area contributed by atoms with Gasteiger partial charge in [0.2, 0.25) is 0 Å². The van der Waals surface area contributed by atoms with Crippen molar-refractivity contribution < 1.29 is 14.6 Å². The number of benzene rings is 1. The summed E-state index contributed by atoms with van der Waals surface area (Å²) >= 11 is 0. The van der Waals surface area contributed by atoms with Crippen molar-refractivity contribution in [1.29, 1.82) is 0 Å². The molecule has 0 unspecified atom stereocenters. The SMILES string of the molecule is Cc1ccc(CCN2CCOCC2)cc1C(=O)O. The van der Waals surface area contributed by atoms with Crippen LogP contribution < -0.4 is 0 Å². The van der Waals surface area contributed by atoms with Crippen molar-refractivity contribution in [3.8, 4) is 0 Å². The Morgan fingerprint density at radius 3 is 2.78 bits per heavy atom. The quantitative estimate of drug-likeness (QED) is 0.880. The number of carboxylic acid groups (broad SMARTS) is 1. The van der Waals surface area contributed by atoms with E-state index in [1.54, 1.807) is 6.07 Å². The van der Waals surface area contributed by atoms with Crippen molar-refractivity contribution in [2.75, 3.05) is 32.8 Å². The molecule has 0 atom stereocenters. The van der Waals surface area contributed by atoms with Gasteiger partial charge in [-0.3, -0.25) is 4.90 Å². The van der Waals surface area contributed by atoms with Gasteiger partial charge in [0.1, 0.15) is 0 Å². The van der Waals surface area contributed by atoms with E-state index in [-0.39, 0.29) is 0 Å². The number of rotatable bonds is 4. The molecule has 1 heterocycles. The lowest BCUT2D eigenvalue weighted by Crippen LogP contribution is -2.37. The average Bonchev–Trinajstić information content (AvgIpc) is 2.38. The van der Waals surface area contributed by atoms with Gasteiger partial charge in [0.05, 0.1) is 18.8 Å².